The van der Waals surface area contributed by atoms with Crippen LogP contribution in [0, 0.1) is 5.92 Å². The van der Waals surface area contributed by atoms with Crippen LogP contribution in [0.5, 0.6) is 0 Å². The lowest BCUT2D eigenvalue weighted by atomic mass is 10.0. The van der Waals surface area contributed by atoms with E-state index in [2.05, 4.69) is 30.4 Å². The first-order valence-corrected chi connectivity index (χ1v) is 6.81. The van der Waals surface area contributed by atoms with E-state index in [1.54, 1.807) is 11.1 Å². The van der Waals surface area contributed by atoms with E-state index in [0.29, 0.717) is 5.92 Å². The topological polar surface area (TPSA) is 38.0 Å². The molecule has 1 aromatic rings. The predicted molar refractivity (Wildman–Crippen MR) is 73.3 cm³/mol. The molecule has 3 N–H and O–H groups in total. The Morgan fingerprint density at radius 2 is 2.12 bits per heavy atom. The van der Waals surface area contributed by atoms with Gasteiger partial charge < -0.3 is 11.1 Å². The van der Waals surface area contributed by atoms with Gasteiger partial charge in [-0.15, -0.1) is 0 Å². The van der Waals surface area contributed by atoms with Crippen LogP contribution in [0.1, 0.15) is 30.0 Å². The summed E-state index contributed by atoms with van der Waals surface area (Å²) in [5.41, 5.74) is 10.2. The number of rotatable bonds is 6. The van der Waals surface area contributed by atoms with Gasteiger partial charge in [-0.3, -0.25) is 0 Å². The summed E-state index contributed by atoms with van der Waals surface area (Å²) in [5, 5.41) is 3.47. The summed E-state index contributed by atoms with van der Waals surface area (Å²) in [7, 11) is 0. The SMILES string of the molecule is CC(CN)CNCCc1ccc2c(c1)CCC2. The minimum absolute atomic E-state index is 0.579. The first-order chi connectivity index (χ1) is 8.29. The maximum absolute atomic E-state index is 5.59. The summed E-state index contributed by atoms with van der Waals surface area (Å²) in [5.74, 6) is 0.579. The van der Waals surface area contributed by atoms with Crippen molar-refractivity contribution in [2.45, 2.75) is 32.6 Å². The van der Waals surface area contributed by atoms with Crippen LogP contribution < -0.4 is 11.1 Å². The molecule has 1 aliphatic carbocycles. The van der Waals surface area contributed by atoms with Gasteiger partial charge in [0.25, 0.3) is 0 Å². The molecule has 0 spiro atoms. The molecular weight excluding hydrogens is 208 g/mol. The first-order valence-electron chi connectivity index (χ1n) is 6.81. The summed E-state index contributed by atoms with van der Waals surface area (Å²) in [4.78, 5) is 0. The largest absolute Gasteiger partial charge is 0.330 e. The molecule has 2 rings (SSSR count). The molecule has 0 fully saturated rings. The lowest BCUT2D eigenvalue weighted by molar-refractivity contribution is 0.524. The summed E-state index contributed by atoms with van der Waals surface area (Å²) < 4.78 is 0. The average Bonchev–Trinajstić information content (AvgIpc) is 2.81. The highest BCUT2D eigenvalue weighted by Gasteiger charge is 2.10. The van der Waals surface area contributed by atoms with Crippen LogP contribution in [0.3, 0.4) is 0 Å². The summed E-state index contributed by atoms with van der Waals surface area (Å²) in [6.07, 6.45) is 5.03. The van der Waals surface area contributed by atoms with E-state index in [1.165, 1.54) is 24.8 Å². The molecule has 0 saturated heterocycles. The predicted octanol–water partition coefficient (Wildman–Crippen LogP) is 1.90. The molecule has 1 aliphatic rings. The van der Waals surface area contributed by atoms with Crippen molar-refractivity contribution in [2.24, 2.45) is 11.7 Å². The van der Waals surface area contributed by atoms with E-state index < -0.39 is 0 Å². The maximum atomic E-state index is 5.59. The highest BCUT2D eigenvalue weighted by atomic mass is 14.9. The second-order valence-electron chi connectivity index (χ2n) is 5.25. The van der Waals surface area contributed by atoms with Crippen LogP contribution in [0.4, 0.5) is 0 Å². The lowest BCUT2D eigenvalue weighted by Crippen LogP contribution is -2.27. The molecule has 1 atom stereocenters. The number of hydrogen-bond acceptors (Lipinski definition) is 2. The quantitative estimate of drug-likeness (QED) is 0.735. The average molecular weight is 232 g/mol. The molecule has 94 valence electrons. The second kappa shape index (κ2) is 6.18. The van der Waals surface area contributed by atoms with E-state index >= 15 is 0 Å². The fraction of sp³-hybridized carbons (Fsp3) is 0.600. The Balaban J connectivity index is 1.76. The van der Waals surface area contributed by atoms with Crippen molar-refractivity contribution in [3.63, 3.8) is 0 Å². The Hall–Kier alpha value is -0.860. The molecule has 0 saturated carbocycles. The van der Waals surface area contributed by atoms with Gasteiger partial charge in [-0.05, 0) is 67.9 Å². The van der Waals surface area contributed by atoms with Crippen LogP contribution in [-0.4, -0.2) is 19.6 Å². The van der Waals surface area contributed by atoms with Gasteiger partial charge in [0.15, 0.2) is 0 Å². The summed E-state index contributed by atoms with van der Waals surface area (Å²) in [6, 6.07) is 7.01. The van der Waals surface area contributed by atoms with Crippen LogP contribution in [-0.2, 0) is 19.3 Å². The number of aryl methyl sites for hydroxylation is 2. The van der Waals surface area contributed by atoms with Crippen molar-refractivity contribution in [1.82, 2.24) is 5.32 Å². The van der Waals surface area contributed by atoms with Gasteiger partial charge in [-0.25, -0.2) is 0 Å². The molecule has 0 aliphatic heterocycles. The zero-order chi connectivity index (χ0) is 12.1. The Labute approximate surface area is 105 Å². The van der Waals surface area contributed by atoms with Crippen molar-refractivity contribution in [3.05, 3.63) is 34.9 Å². The van der Waals surface area contributed by atoms with Gasteiger partial charge in [-0.2, -0.15) is 0 Å². The zero-order valence-electron chi connectivity index (χ0n) is 10.8. The molecule has 0 bridgehead atoms. The van der Waals surface area contributed by atoms with E-state index in [9.17, 15) is 0 Å². The Morgan fingerprint density at radius 1 is 1.29 bits per heavy atom. The number of benzene rings is 1. The molecule has 1 unspecified atom stereocenters. The first kappa shape index (κ1) is 12.6. The summed E-state index contributed by atoms with van der Waals surface area (Å²) in [6.45, 7) is 5.04. The molecule has 0 heterocycles. The molecule has 17 heavy (non-hydrogen) atoms. The Morgan fingerprint density at radius 3 is 2.94 bits per heavy atom. The third kappa shape index (κ3) is 3.55. The highest BCUT2D eigenvalue weighted by molar-refractivity contribution is 5.35. The van der Waals surface area contributed by atoms with Crippen molar-refractivity contribution in [2.75, 3.05) is 19.6 Å². The van der Waals surface area contributed by atoms with E-state index in [0.717, 1.165) is 26.1 Å². The highest BCUT2D eigenvalue weighted by Crippen LogP contribution is 2.22. The fourth-order valence-electron chi connectivity index (χ4n) is 2.45. The fourth-order valence-corrected chi connectivity index (χ4v) is 2.45. The van der Waals surface area contributed by atoms with Crippen LogP contribution in [0.2, 0.25) is 0 Å². The Kier molecular flexibility index (Phi) is 4.57. The van der Waals surface area contributed by atoms with Gasteiger partial charge in [0, 0.05) is 0 Å². The van der Waals surface area contributed by atoms with E-state index in [1.807, 2.05) is 0 Å². The number of nitrogens with one attached hydrogen (secondary N) is 1. The molecule has 2 heteroatoms. The van der Waals surface area contributed by atoms with E-state index in [-0.39, 0.29) is 0 Å². The van der Waals surface area contributed by atoms with Gasteiger partial charge in [0.1, 0.15) is 0 Å². The van der Waals surface area contributed by atoms with Gasteiger partial charge in [0.05, 0.1) is 0 Å². The van der Waals surface area contributed by atoms with Crippen LogP contribution in [0.25, 0.3) is 0 Å². The maximum Gasteiger partial charge on any atom is -0.000823 e. The van der Waals surface area contributed by atoms with Crippen LogP contribution >= 0.6 is 0 Å². The smallest absolute Gasteiger partial charge is 0.000823 e. The third-order valence-electron chi connectivity index (χ3n) is 3.65. The molecule has 0 radical (unpaired) electrons. The monoisotopic (exact) mass is 232 g/mol. The third-order valence-corrected chi connectivity index (χ3v) is 3.65. The summed E-state index contributed by atoms with van der Waals surface area (Å²) >= 11 is 0. The van der Waals surface area contributed by atoms with Crippen molar-refractivity contribution >= 4 is 0 Å². The standard InChI is InChI=1S/C15H24N2/c1-12(10-16)11-17-8-7-13-5-6-14-3-2-4-15(14)9-13/h5-6,9,12,17H,2-4,7-8,10-11,16H2,1H3. The molecule has 1 aromatic carbocycles. The Bertz CT molecular complexity index is 360. The lowest BCUT2D eigenvalue weighted by Gasteiger charge is -2.10. The minimum atomic E-state index is 0.579. The van der Waals surface area contributed by atoms with Crippen molar-refractivity contribution in [1.29, 1.82) is 0 Å². The van der Waals surface area contributed by atoms with Gasteiger partial charge in [-0.1, -0.05) is 25.1 Å². The molecule has 2 nitrogen and oxygen atoms in total. The van der Waals surface area contributed by atoms with Gasteiger partial charge >= 0.3 is 0 Å². The number of fused-ring (bicyclic) bond motifs is 1. The molecule has 0 aromatic heterocycles. The minimum Gasteiger partial charge on any atom is -0.330 e. The van der Waals surface area contributed by atoms with Crippen LogP contribution in [0.15, 0.2) is 18.2 Å². The molecular formula is C15H24N2. The molecule has 0 amide bonds. The zero-order valence-corrected chi connectivity index (χ0v) is 10.8. The number of nitrogens with two attached hydrogens (primary N) is 1. The number of hydrogen-bond donors (Lipinski definition) is 2. The second-order valence-corrected chi connectivity index (χ2v) is 5.25. The van der Waals surface area contributed by atoms with Gasteiger partial charge in [0.2, 0.25) is 0 Å². The van der Waals surface area contributed by atoms with E-state index in [4.69, 9.17) is 5.73 Å². The normalized spacial score (nSPS) is 15.9. The van der Waals surface area contributed by atoms with Crippen molar-refractivity contribution in [3.8, 4) is 0 Å². The van der Waals surface area contributed by atoms with Crippen molar-refractivity contribution < 1.29 is 0 Å².